The van der Waals surface area contributed by atoms with Crippen LogP contribution in [0.15, 0.2) is 6.07 Å². The minimum atomic E-state index is -2.71. The Balaban J connectivity index is 3.33. The number of halogens is 3. The molecule has 88 valence electrons. The van der Waals surface area contributed by atoms with Gasteiger partial charge < -0.3 is 4.74 Å². The van der Waals surface area contributed by atoms with Crippen molar-refractivity contribution in [2.75, 3.05) is 7.11 Å². The first-order valence-corrected chi connectivity index (χ1v) is 5.56. The van der Waals surface area contributed by atoms with Crippen molar-refractivity contribution >= 4 is 21.9 Å². The summed E-state index contributed by atoms with van der Waals surface area (Å²) in [6.07, 6.45) is -2.71. The van der Waals surface area contributed by atoms with Gasteiger partial charge in [0.05, 0.1) is 7.11 Å². The number of rotatable bonds is 3. The molecule has 0 saturated carbocycles. The van der Waals surface area contributed by atoms with E-state index in [2.05, 4.69) is 25.7 Å². The van der Waals surface area contributed by atoms with Crippen LogP contribution in [0, 0.1) is 6.92 Å². The molecule has 1 heterocycles. The molecule has 0 aromatic carbocycles. The van der Waals surface area contributed by atoms with Crippen LogP contribution in [0.3, 0.4) is 0 Å². The molecule has 0 atom stereocenters. The van der Waals surface area contributed by atoms with Crippen LogP contribution in [0.25, 0.3) is 0 Å². The highest BCUT2D eigenvalue weighted by molar-refractivity contribution is 9.08. The normalized spacial score (nSPS) is 10.6. The molecule has 0 aliphatic rings. The molecule has 6 heteroatoms. The molecule has 0 aliphatic carbocycles. The number of alkyl halides is 3. The van der Waals surface area contributed by atoms with E-state index in [9.17, 15) is 13.6 Å². The largest absolute Gasteiger partial charge is 0.464 e. The maximum absolute atomic E-state index is 12.7. The SMILES string of the molecule is COC(=O)c1nc(C(F)F)c(CBr)cc1C. The summed E-state index contributed by atoms with van der Waals surface area (Å²) in [5.41, 5.74) is 0.441. The summed E-state index contributed by atoms with van der Waals surface area (Å²) in [7, 11) is 1.18. The van der Waals surface area contributed by atoms with Gasteiger partial charge in [-0.3, -0.25) is 0 Å². The molecule has 0 saturated heterocycles. The molecular formula is C10H10BrF2NO2. The Morgan fingerprint density at radius 3 is 2.69 bits per heavy atom. The molecule has 1 aromatic rings. The van der Waals surface area contributed by atoms with Crippen LogP contribution in [0.2, 0.25) is 0 Å². The average molecular weight is 294 g/mol. The van der Waals surface area contributed by atoms with Gasteiger partial charge in [-0.1, -0.05) is 22.0 Å². The summed E-state index contributed by atoms with van der Waals surface area (Å²) in [5.74, 6) is -0.708. The van der Waals surface area contributed by atoms with E-state index in [4.69, 9.17) is 0 Å². The fraction of sp³-hybridized carbons (Fsp3) is 0.400. The van der Waals surface area contributed by atoms with Gasteiger partial charge in [0.2, 0.25) is 0 Å². The number of esters is 1. The lowest BCUT2D eigenvalue weighted by atomic mass is 10.1. The lowest BCUT2D eigenvalue weighted by Crippen LogP contribution is -2.11. The van der Waals surface area contributed by atoms with Crippen LogP contribution >= 0.6 is 15.9 Å². The van der Waals surface area contributed by atoms with Gasteiger partial charge in [0.1, 0.15) is 5.69 Å². The number of aryl methyl sites for hydroxylation is 1. The highest BCUT2D eigenvalue weighted by atomic mass is 79.9. The lowest BCUT2D eigenvalue weighted by molar-refractivity contribution is 0.0591. The number of aromatic nitrogens is 1. The zero-order chi connectivity index (χ0) is 12.3. The quantitative estimate of drug-likeness (QED) is 0.635. The standard InChI is InChI=1S/C10H10BrF2NO2/c1-5-3-6(4-11)8(9(12)13)14-7(5)10(15)16-2/h3,9H,4H2,1-2H3. The van der Waals surface area contributed by atoms with E-state index in [0.29, 0.717) is 11.1 Å². The monoisotopic (exact) mass is 293 g/mol. The number of nitrogens with zero attached hydrogens (tertiary/aromatic N) is 1. The molecule has 0 unspecified atom stereocenters. The van der Waals surface area contributed by atoms with Crippen molar-refractivity contribution in [2.24, 2.45) is 0 Å². The predicted molar refractivity (Wildman–Crippen MR) is 57.9 cm³/mol. The molecule has 16 heavy (non-hydrogen) atoms. The summed E-state index contributed by atoms with van der Waals surface area (Å²) in [6, 6.07) is 1.51. The Morgan fingerprint density at radius 2 is 2.25 bits per heavy atom. The van der Waals surface area contributed by atoms with E-state index in [1.165, 1.54) is 13.2 Å². The van der Waals surface area contributed by atoms with E-state index in [1.807, 2.05) is 0 Å². The highest BCUT2D eigenvalue weighted by Gasteiger charge is 2.20. The Hall–Kier alpha value is -1.04. The van der Waals surface area contributed by atoms with Gasteiger partial charge in [-0.25, -0.2) is 18.6 Å². The van der Waals surface area contributed by atoms with E-state index < -0.39 is 12.4 Å². The molecule has 0 fully saturated rings. The van der Waals surface area contributed by atoms with E-state index >= 15 is 0 Å². The van der Waals surface area contributed by atoms with Crippen LogP contribution < -0.4 is 0 Å². The summed E-state index contributed by atoms with van der Waals surface area (Å²) >= 11 is 3.10. The molecule has 0 aliphatic heterocycles. The number of carbonyl (C=O) groups excluding carboxylic acids is 1. The van der Waals surface area contributed by atoms with E-state index in [-0.39, 0.29) is 16.7 Å². The maximum Gasteiger partial charge on any atom is 0.356 e. The van der Waals surface area contributed by atoms with Gasteiger partial charge in [0, 0.05) is 5.33 Å². The second kappa shape index (κ2) is 5.34. The number of hydrogen-bond donors (Lipinski definition) is 0. The number of ether oxygens (including phenoxy) is 1. The number of methoxy groups -OCH3 is 1. The van der Waals surface area contributed by atoms with Gasteiger partial charge >= 0.3 is 5.97 Å². The van der Waals surface area contributed by atoms with Gasteiger partial charge in [-0.15, -0.1) is 0 Å². The fourth-order valence-electron chi connectivity index (χ4n) is 1.28. The van der Waals surface area contributed by atoms with Gasteiger partial charge in [0.25, 0.3) is 6.43 Å². The van der Waals surface area contributed by atoms with Crippen LogP contribution in [-0.4, -0.2) is 18.1 Å². The van der Waals surface area contributed by atoms with Crippen molar-refractivity contribution in [2.45, 2.75) is 18.7 Å². The maximum atomic E-state index is 12.7. The number of carbonyl (C=O) groups is 1. The summed E-state index contributed by atoms with van der Waals surface area (Å²) in [5, 5.41) is 0.266. The first kappa shape index (κ1) is 13.0. The molecule has 3 nitrogen and oxygen atoms in total. The second-order valence-electron chi connectivity index (χ2n) is 3.12. The zero-order valence-corrected chi connectivity index (χ0v) is 10.3. The molecular weight excluding hydrogens is 284 g/mol. The van der Waals surface area contributed by atoms with Crippen LogP contribution in [0.1, 0.15) is 33.7 Å². The minimum Gasteiger partial charge on any atom is -0.464 e. The number of pyridine rings is 1. The van der Waals surface area contributed by atoms with E-state index in [0.717, 1.165) is 0 Å². The zero-order valence-electron chi connectivity index (χ0n) is 8.76. The topological polar surface area (TPSA) is 39.2 Å². The first-order chi connectivity index (χ1) is 7.51. The van der Waals surface area contributed by atoms with Crippen molar-refractivity contribution in [3.05, 3.63) is 28.6 Å². The Bertz CT molecular complexity index is 410. The van der Waals surface area contributed by atoms with Crippen molar-refractivity contribution in [1.82, 2.24) is 4.98 Å². The third-order valence-corrected chi connectivity index (χ3v) is 2.66. The van der Waals surface area contributed by atoms with Gasteiger partial charge in [0.15, 0.2) is 5.69 Å². The van der Waals surface area contributed by atoms with Crippen molar-refractivity contribution in [1.29, 1.82) is 0 Å². The average Bonchev–Trinajstić information content (AvgIpc) is 2.27. The molecule has 0 N–H and O–H groups in total. The molecule has 0 spiro atoms. The van der Waals surface area contributed by atoms with Crippen LogP contribution in [-0.2, 0) is 10.1 Å². The summed E-state index contributed by atoms with van der Waals surface area (Å²) in [6.45, 7) is 1.63. The Morgan fingerprint density at radius 1 is 1.62 bits per heavy atom. The van der Waals surface area contributed by atoms with Gasteiger partial charge in [-0.05, 0) is 18.1 Å². The van der Waals surface area contributed by atoms with Crippen molar-refractivity contribution < 1.29 is 18.3 Å². The highest BCUT2D eigenvalue weighted by Crippen LogP contribution is 2.25. The van der Waals surface area contributed by atoms with Crippen LogP contribution in [0.4, 0.5) is 8.78 Å². The third-order valence-electron chi connectivity index (χ3n) is 2.05. The third kappa shape index (κ3) is 2.55. The Kier molecular flexibility index (Phi) is 4.35. The lowest BCUT2D eigenvalue weighted by Gasteiger charge is -2.10. The molecule has 0 bridgehead atoms. The number of hydrogen-bond acceptors (Lipinski definition) is 3. The summed E-state index contributed by atoms with van der Waals surface area (Å²) < 4.78 is 29.8. The van der Waals surface area contributed by atoms with Crippen molar-refractivity contribution in [3.8, 4) is 0 Å². The molecule has 1 rings (SSSR count). The first-order valence-electron chi connectivity index (χ1n) is 4.44. The van der Waals surface area contributed by atoms with Gasteiger partial charge in [-0.2, -0.15) is 0 Å². The van der Waals surface area contributed by atoms with Crippen molar-refractivity contribution in [3.63, 3.8) is 0 Å². The summed E-state index contributed by atoms with van der Waals surface area (Å²) in [4.78, 5) is 14.9. The smallest absolute Gasteiger partial charge is 0.356 e. The molecule has 0 radical (unpaired) electrons. The minimum absolute atomic E-state index is 0.0671. The molecule has 0 amide bonds. The fourth-order valence-corrected chi connectivity index (χ4v) is 1.73. The van der Waals surface area contributed by atoms with Crippen LogP contribution in [0.5, 0.6) is 0 Å². The van der Waals surface area contributed by atoms with E-state index in [1.54, 1.807) is 6.92 Å². The second-order valence-corrected chi connectivity index (χ2v) is 3.68. The Labute approximate surface area is 99.9 Å². The molecule has 1 aromatic heterocycles. The predicted octanol–water partition coefficient (Wildman–Crippen LogP) is 3.01.